The van der Waals surface area contributed by atoms with E-state index in [9.17, 15) is 9.59 Å². The molecule has 1 aliphatic carbocycles. The van der Waals surface area contributed by atoms with Crippen molar-refractivity contribution in [3.05, 3.63) is 72.6 Å². The molecule has 1 fully saturated rings. The Kier molecular flexibility index (Phi) is 4.89. The first-order valence-electron chi connectivity index (χ1n) is 10.3. The van der Waals surface area contributed by atoms with Crippen LogP contribution in [0.25, 0.3) is 22.5 Å². The van der Waals surface area contributed by atoms with Crippen LogP contribution < -0.4 is 15.9 Å². The maximum absolute atomic E-state index is 13.1. The summed E-state index contributed by atoms with van der Waals surface area (Å²) in [4.78, 5) is 31.2. The number of aromatic amines is 1. The van der Waals surface area contributed by atoms with E-state index in [1.807, 2.05) is 32.9 Å². The van der Waals surface area contributed by atoms with Crippen molar-refractivity contribution in [2.24, 2.45) is 0 Å². The number of aryl methyl sites for hydroxylation is 1. The molecule has 1 N–H and O–H groups in total. The highest BCUT2D eigenvalue weighted by Crippen LogP contribution is 2.42. The van der Waals surface area contributed by atoms with Gasteiger partial charge >= 0.3 is 5.76 Å². The van der Waals surface area contributed by atoms with Gasteiger partial charge < -0.3 is 9.15 Å². The molecule has 0 amide bonds. The zero-order valence-corrected chi connectivity index (χ0v) is 18.4. The third-order valence-corrected chi connectivity index (χ3v) is 5.82. The van der Waals surface area contributed by atoms with Gasteiger partial charge in [0.2, 0.25) is 5.82 Å². The van der Waals surface area contributed by atoms with Crippen LogP contribution in [0.15, 0.2) is 42.8 Å². The molecule has 1 saturated carbocycles. The van der Waals surface area contributed by atoms with E-state index >= 15 is 0 Å². The Morgan fingerprint density at radius 2 is 2.00 bits per heavy atom. The lowest BCUT2D eigenvalue weighted by Gasteiger charge is -2.19. The van der Waals surface area contributed by atoms with Gasteiger partial charge in [0.15, 0.2) is 11.1 Å². The topological polar surface area (TPSA) is 111 Å². The Labute approximate surface area is 187 Å². The van der Waals surface area contributed by atoms with Crippen molar-refractivity contribution in [2.75, 3.05) is 0 Å². The summed E-state index contributed by atoms with van der Waals surface area (Å²) in [5.41, 5.74) is 3.09. The molecular formula is C23H20ClN3O5. The van der Waals surface area contributed by atoms with Crippen LogP contribution in [-0.4, -0.2) is 15.1 Å². The van der Waals surface area contributed by atoms with E-state index in [1.165, 1.54) is 0 Å². The van der Waals surface area contributed by atoms with Crippen LogP contribution in [0.2, 0.25) is 5.15 Å². The van der Waals surface area contributed by atoms with Crippen molar-refractivity contribution in [2.45, 2.75) is 45.6 Å². The quantitative estimate of drug-likeness (QED) is 0.431. The zero-order chi connectivity index (χ0) is 22.6. The lowest BCUT2D eigenvalue weighted by Crippen LogP contribution is -2.12. The summed E-state index contributed by atoms with van der Waals surface area (Å²) in [5, 5.41) is 4.43. The summed E-state index contributed by atoms with van der Waals surface area (Å²) in [6, 6.07) is 7.01. The standard InChI is InChI=1S/C23H20ClN3O5/c1-10-8-14(21-15(9-10)19(28)11(2)20(31-21)13-4-5-13)12(3)30-16-6-7-17(24)25-18(16)22-26-23(29)32-27-22/h6-9,12-13H,4-5H2,1-3H3,(H,26,27,29)/t12-/m1/s1. The number of nitrogens with one attached hydrogen (secondary N) is 1. The van der Waals surface area contributed by atoms with Crippen molar-refractivity contribution in [3.8, 4) is 17.3 Å². The molecule has 0 radical (unpaired) electrons. The molecule has 1 atom stereocenters. The molecule has 0 bridgehead atoms. The van der Waals surface area contributed by atoms with Crippen LogP contribution >= 0.6 is 11.6 Å². The first-order valence-corrected chi connectivity index (χ1v) is 10.7. The number of nitrogens with zero attached hydrogens (tertiary/aromatic N) is 2. The highest BCUT2D eigenvalue weighted by atomic mass is 35.5. The smallest absolute Gasteiger partial charge is 0.439 e. The number of fused-ring (bicyclic) bond motifs is 1. The third kappa shape index (κ3) is 3.60. The van der Waals surface area contributed by atoms with E-state index in [4.69, 9.17) is 20.8 Å². The molecule has 32 heavy (non-hydrogen) atoms. The van der Waals surface area contributed by atoms with Crippen molar-refractivity contribution in [1.82, 2.24) is 15.1 Å². The maximum atomic E-state index is 13.1. The minimum Gasteiger partial charge on any atom is -0.483 e. The number of aromatic nitrogens is 3. The highest BCUT2D eigenvalue weighted by Gasteiger charge is 2.30. The van der Waals surface area contributed by atoms with E-state index in [-0.39, 0.29) is 22.1 Å². The number of hydrogen-bond donors (Lipinski definition) is 1. The van der Waals surface area contributed by atoms with Crippen molar-refractivity contribution in [1.29, 1.82) is 0 Å². The van der Waals surface area contributed by atoms with Gasteiger partial charge in [-0.2, -0.15) is 0 Å². The minimum atomic E-state index is -0.713. The van der Waals surface area contributed by atoms with E-state index in [1.54, 1.807) is 12.1 Å². The fourth-order valence-electron chi connectivity index (χ4n) is 3.89. The second-order valence-corrected chi connectivity index (χ2v) is 8.50. The first kappa shape index (κ1) is 20.5. The SMILES string of the molecule is Cc1cc([C@@H](C)Oc2ccc(Cl)nc2-c2noc(=O)[nH]2)c2oc(C3CC3)c(C)c(=O)c2c1. The molecule has 9 heteroatoms. The van der Waals surface area contributed by atoms with E-state index in [0.717, 1.165) is 29.7 Å². The Morgan fingerprint density at radius 1 is 1.22 bits per heavy atom. The summed E-state index contributed by atoms with van der Waals surface area (Å²) < 4.78 is 17.1. The lowest BCUT2D eigenvalue weighted by atomic mass is 10.0. The average molecular weight is 454 g/mol. The van der Waals surface area contributed by atoms with E-state index in [2.05, 4.69) is 19.6 Å². The number of ether oxygens (including phenoxy) is 1. The number of H-pyrrole nitrogens is 1. The van der Waals surface area contributed by atoms with Gasteiger partial charge in [0, 0.05) is 17.0 Å². The van der Waals surface area contributed by atoms with Crippen LogP contribution in [0, 0.1) is 13.8 Å². The Balaban J connectivity index is 1.61. The summed E-state index contributed by atoms with van der Waals surface area (Å²) >= 11 is 6.04. The number of benzene rings is 1. The van der Waals surface area contributed by atoms with Crippen LogP contribution in [-0.2, 0) is 0 Å². The summed E-state index contributed by atoms with van der Waals surface area (Å²) in [6.45, 7) is 5.61. The van der Waals surface area contributed by atoms with E-state index in [0.29, 0.717) is 28.2 Å². The molecule has 0 unspecified atom stereocenters. The lowest BCUT2D eigenvalue weighted by molar-refractivity contribution is 0.226. The van der Waals surface area contributed by atoms with Crippen molar-refractivity contribution < 1.29 is 13.7 Å². The fourth-order valence-corrected chi connectivity index (χ4v) is 4.04. The number of rotatable bonds is 5. The largest absolute Gasteiger partial charge is 0.483 e. The normalized spacial score (nSPS) is 14.6. The van der Waals surface area contributed by atoms with Crippen molar-refractivity contribution >= 4 is 22.6 Å². The highest BCUT2D eigenvalue weighted by molar-refractivity contribution is 6.29. The van der Waals surface area contributed by atoms with Gasteiger partial charge in [-0.1, -0.05) is 16.8 Å². The van der Waals surface area contributed by atoms with Crippen LogP contribution in [0.1, 0.15) is 54.2 Å². The molecule has 164 valence electrons. The molecule has 1 aliphatic rings. The molecule has 0 saturated heterocycles. The summed E-state index contributed by atoms with van der Waals surface area (Å²) in [6.07, 6.45) is 1.55. The van der Waals surface area contributed by atoms with Gasteiger partial charge in [0.1, 0.15) is 28.3 Å². The van der Waals surface area contributed by atoms with E-state index < -0.39 is 11.9 Å². The Morgan fingerprint density at radius 3 is 2.69 bits per heavy atom. The van der Waals surface area contributed by atoms with Gasteiger partial charge in [-0.15, -0.1) is 0 Å². The molecule has 0 aliphatic heterocycles. The second-order valence-electron chi connectivity index (χ2n) is 8.11. The molecule has 0 spiro atoms. The summed E-state index contributed by atoms with van der Waals surface area (Å²) in [7, 11) is 0. The minimum absolute atomic E-state index is 0.0145. The maximum Gasteiger partial charge on any atom is 0.439 e. The third-order valence-electron chi connectivity index (χ3n) is 5.61. The van der Waals surface area contributed by atoms with Gasteiger partial charge in [-0.25, -0.2) is 9.78 Å². The van der Waals surface area contributed by atoms with Crippen LogP contribution in [0.4, 0.5) is 0 Å². The Hall–Kier alpha value is -3.39. The van der Waals surface area contributed by atoms with Crippen LogP contribution in [0.3, 0.4) is 0 Å². The predicted molar refractivity (Wildman–Crippen MR) is 118 cm³/mol. The predicted octanol–water partition coefficient (Wildman–Crippen LogP) is 4.82. The first-order chi connectivity index (χ1) is 15.3. The van der Waals surface area contributed by atoms with Gasteiger partial charge in [0.05, 0.1) is 5.39 Å². The van der Waals surface area contributed by atoms with Gasteiger partial charge in [0.25, 0.3) is 0 Å². The molecule has 3 heterocycles. The molecule has 4 aromatic rings. The fraction of sp³-hybridized carbons (Fsp3) is 0.304. The van der Waals surface area contributed by atoms with Gasteiger partial charge in [-0.3, -0.25) is 14.3 Å². The zero-order valence-electron chi connectivity index (χ0n) is 17.7. The summed E-state index contributed by atoms with van der Waals surface area (Å²) in [5.74, 6) is 0.794. The number of halogens is 1. The number of hydrogen-bond acceptors (Lipinski definition) is 7. The van der Waals surface area contributed by atoms with Gasteiger partial charge in [-0.05, 0) is 63.4 Å². The van der Waals surface area contributed by atoms with Crippen molar-refractivity contribution in [3.63, 3.8) is 0 Å². The monoisotopic (exact) mass is 453 g/mol. The molecule has 3 aromatic heterocycles. The average Bonchev–Trinajstić information content (AvgIpc) is 3.51. The van der Waals surface area contributed by atoms with Crippen LogP contribution in [0.5, 0.6) is 5.75 Å². The second kappa shape index (κ2) is 7.63. The molecule has 8 nitrogen and oxygen atoms in total. The molecule has 1 aromatic carbocycles. The Bertz CT molecular complexity index is 1470. The molecule has 5 rings (SSSR count). The molecular weight excluding hydrogens is 434 g/mol. The number of pyridine rings is 1.